The molecule has 1 aromatic carbocycles. The Hall–Kier alpha value is -2.47. The normalized spacial score (nSPS) is 15.0. The standard InChI is InChI=1S/C20H22ClN5O/c1-20(2,3)26-18-15(16(25-26)12-7-9-14(21)10-8-12)17(22-11-23-18)24-19(27)13-5-4-6-13/h7-11,13H,4-6H2,1-3H3,(H,22,23,24,27). The van der Waals surface area contributed by atoms with Gasteiger partial charge in [-0.15, -0.1) is 0 Å². The first kappa shape index (κ1) is 17.9. The summed E-state index contributed by atoms with van der Waals surface area (Å²) in [4.78, 5) is 21.4. The minimum absolute atomic E-state index is 0.0202. The number of nitrogens with zero attached hydrogens (tertiary/aromatic N) is 4. The number of aromatic nitrogens is 4. The fourth-order valence-electron chi connectivity index (χ4n) is 3.21. The first-order valence-corrected chi connectivity index (χ1v) is 9.53. The second kappa shape index (κ2) is 6.60. The number of nitrogens with one attached hydrogen (secondary N) is 1. The number of fused-ring (bicyclic) bond motifs is 1. The van der Waals surface area contributed by atoms with Gasteiger partial charge in [-0.3, -0.25) is 4.79 Å². The monoisotopic (exact) mass is 383 g/mol. The van der Waals surface area contributed by atoms with E-state index in [0.29, 0.717) is 16.5 Å². The van der Waals surface area contributed by atoms with E-state index in [1.807, 2.05) is 28.9 Å². The summed E-state index contributed by atoms with van der Waals surface area (Å²) in [5.41, 5.74) is 2.07. The second-order valence-electron chi connectivity index (χ2n) is 7.98. The van der Waals surface area contributed by atoms with Crippen molar-refractivity contribution in [3.05, 3.63) is 35.6 Å². The molecule has 1 aliphatic carbocycles. The summed E-state index contributed by atoms with van der Waals surface area (Å²) < 4.78 is 1.88. The van der Waals surface area contributed by atoms with Crippen molar-refractivity contribution >= 4 is 34.4 Å². The molecule has 4 rings (SSSR count). The van der Waals surface area contributed by atoms with Crippen LogP contribution in [0, 0.1) is 5.92 Å². The van der Waals surface area contributed by atoms with E-state index in [1.54, 1.807) is 0 Å². The quantitative estimate of drug-likeness (QED) is 0.715. The minimum Gasteiger partial charge on any atom is -0.310 e. The topological polar surface area (TPSA) is 72.7 Å². The van der Waals surface area contributed by atoms with Crippen LogP contribution in [-0.2, 0) is 10.3 Å². The number of carbonyl (C=O) groups is 1. The van der Waals surface area contributed by atoms with Gasteiger partial charge in [-0.1, -0.05) is 30.2 Å². The van der Waals surface area contributed by atoms with Gasteiger partial charge in [-0.05, 0) is 45.7 Å². The number of halogens is 1. The zero-order valence-corrected chi connectivity index (χ0v) is 16.4. The van der Waals surface area contributed by atoms with Gasteiger partial charge in [0.1, 0.15) is 17.8 Å². The summed E-state index contributed by atoms with van der Waals surface area (Å²) in [6, 6.07) is 7.49. The van der Waals surface area contributed by atoms with E-state index in [-0.39, 0.29) is 17.4 Å². The highest BCUT2D eigenvalue weighted by Crippen LogP contribution is 2.35. The number of hydrogen-bond donors (Lipinski definition) is 1. The fraction of sp³-hybridized carbons (Fsp3) is 0.400. The number of benzene rings is 1. The lowest BCUT2D eigenvalue weighted by atomic mass is 9.85. The molecule has 0 atom stereocenters. The molecular formula is C20H22ClN5O. The van der Waals surface area contributed by atoms with Crippen molar-refractivity contribution in [3.63, 3.8) is 0 Å². The second-order valence-corrected chi connectivity index (χ2v) is 8.41. The van der Waals surface area contributed by atoms with E-state index < -0.39 is 0 Å². The predicted molar refractivity (Wildman–Crippen MR) is 107 cm³/mol. The predicted octanol–water partition coefficient (Wildman–Crippen LogP) is 4.64. The Morgan fingerprint density at radius 2 is 1.89 bits per heavy atom. The van der Waals surface area contributed by atoms with E-state index in [1.165, 1.54) is 6.33 Å². The molecule has 0 radical (unpaired) electrons. The van der Waals surface area contributed by atoms with E-state index in [4.69, 9.17) is 16.7 Å². The third kappa shape index (κ3) is 3.30. The smallest absolute Gasteiger partial charge is 0.228 e. The van der Waals surface area contributed by atoms with Gasteiger partial charge in [0, 0.05) is 16.5 Å². The minimum atomic E-state index is -0.271. The van der Waals surface area contributed by atoms with Crippen LogP contribution >= 0.6 is 11.6 Å². The molecule has 1 N–H and O–H groups in total. The molecule has 0 aliphatic heterocycles. The highest BCUT2D eigenvalue weighted by atomic mass is 35.5. The average Bonchev–Trinajstić information content (AvgIpc) is 2.95. The van der Waals surface area contributed by atoms with Crippen molar-refractivity contribution in [2.45, 2.75) is 45.6 Å². The molecule has 7 heteroatoms. The van der Waals surface area contributed by atoms with Gasteiger partial charge in [0.15, 0.2) is 5.65 Å². The Bertz CT molecular complexity index is 1000. The van der Waals surface area contributed by atoms with E-state index >= 15 is 0 Å². The van der Waals surface area contributed by atoms with Gasteiger partial charge in [0.2, 0.25) is 5.91 Å². The average molecular weight is 384 g/mol. The summed E-state index contributed by atoms with van der Waals surface area (Å²) in [6.45, 7) is 6.21. The van der Waals surface area contributed by atoms with Crippen LogP contribution in [0.1, 0.15) is 40.0 Å². The van der Waals surface area contributed by atoms with Crippen molar-refractivity contribution < 1.29 is 4.79 Å². The van der Waals surface area contributed by atoms with Crippen LogP contribution in [0.4, 0.5) is 5.82 Å². The molecule has 1 amide bonds. The summed E-state index contributed by atoms with van der Waals surface area (Å²) in [7, 11) is 0. The van der Waals surface area contributed by atoms with Crippen molar-refractivity contribution in [1.82, 2.24) is 19.7 Å². The molecule has 2 heterocycles. The van der Waals surface area contributed by atoms with E-state index in [0.717, 1.165) is 35.9 Å². The molecule has 140 valence electrons. The lowest BCUT2D eigenvalue weighted by Gasteiger charge is -2.24. The Morgan fingerprint density at radius 3 is 2.48 bits per heavy atom. The molecule has 27 heavy (non-hydrogen) atoms. The van der Waals surface area contributed by atoms with E-state index in [9.17, 15) is 4.79 Å². The molecule has 2 aromatic heterocycles. The third-order valence-corrected chi connectivity index (χ3v) is 5.19. The third-order valence-electron chi connectivity index (χ3n) is 4.94. The maximum Gasteiger partial charge on any atom is 0.228 e. The van der Waals surface area contributed by atoms with E-state index in [2.05, 4.69) is 36.1 Å². The Balaban J connectivity index is 1.89. The van der Waals surface area contributed by atoms with Crippen LogP contribution < -0.4 is 5.32 Å². The summed E-state index contributed by atoms with van der Waals surface area (Å²) in [5.74, 6) is 0.607. The van der Waals surface area contributed by atoms with Crippen LogP contribution in [0.2, 0.25) is 5.02 Å². The van der Waals surface area contributed by atoms with Crippen molar-refractivity contribution in [3.8, 4) is 11.3 Å². The van der Waals surface area contributed by atoms with Crippen LogP contribution in [0.15, 0.2) is 30.6 Å². The van der Waals surface area contributed by atoms with Gasteiger partial charge >= 0.3 is 0 Å². The van der Waals surface area contributed by atoms with Crippen molar-refractivity contribution in [1.29, 1.82) is 0 Å². The summed E-state index contributed by atoms with van der Waals surface area (Å²) in [5, 5.41) is 9.24. The maximum atomic E-state index is 12.5. The number of carbonyl (C=O) groups excluding carboxylic acids is 1. The summed E-state index contributed by atoms with van der Waals surface area (Å²) >= 11 is 6.05. The van der Waals surface area contributed by atoms with Gasteiger partial charge in [-0.25, -0.2) is 14.6 Å². The van der Waals surface area contributed by atoms with Crippen molar-refractivity contribution in [2.24, 2.45) is 5.92 Å². The van der Waals surface area contributed by atoms with Gasteiger partial charge in [-0.2, -0.15) is 5.10 Å². The zero-order chi connectivity index (χ0) is 19.2. The SMILES string of the molecule is CC(C)(C)n1nc(-c2ccc(Cl)cc2)c2c(NC(=O)C3CCC3)ncnc21. The van der Waals surface area contributed by atoms with Crippen LogP contribution in [0.5, 0.6) is 0 Å². The van der Waals surface area contributed by atoms with Gasteiger partial charge < -0.3 is 5.32 Å². The molecule has 3 aromatic rings. The summed E-state index contributed by atoms with van der Waals surface area (Å²) in [6.07, 6.45) is 4.46. The van der Waals surface area contributed by atoms with Crippen molar-refractivity contribution in [2.75, 3.05) is 5.32 Å². The Kier molecular flexibility index (Phi) is 4.38. The Labute approximate surface area is 163 Å². The highest BCUT2D eigenvalue weighted by molar-refractivity contribution is 6.30. The van der Waals surface area contributed by atoms with Crippen LogP contribution in [0.3, 0.4) is 0 Å². The molecule has 1 aliphatic rings. The van der Waals surface area contributed by atoms with Gasteiger partial charge in [0.25, 0.3) is 0 Å². The number of anilines is 1. The molecule has 1 saturated carbocycles. The first-order valence-electron chi connectivity index (χ1n) is 9.15. The molecule has 0 spiro atoms. The fourth-order valence-corrected chi connectivity index (χ4v) is 3.34. The highest BCUT2D eigenvalue weighted by Gasteiger charge is 2.28. The number of hydrogen-bond acceptors (Lipinski definition) is 4. The molecule has 6 nitrogen and oxygen atoms in total. The number of amides is 1. The lowest BCUT2D eigenvalue weighted by Crippen LogP contribution is -2.28. The molecule has 0 bridgehead atoms. The van der Waals surface area contributed by atoms with Crippen LogP contribution in [0.25, 0.3) is 22.3 Å². The molecule has 0 saturated heterocycles. The lowest BCUT2D eigenvalue weighted by molar-refractivity contribution is -0.122. The van der Waals surface area contributed by atoms with Gasteiger partial charge in [0.05, 0.1) is 10.9 Å². The molecular weight excluding hydrogens is 362 g/mol. The molecule has 0 unspecified atom stereocenters. The zero-order valence-electron chi connectivity index (χ0n) is 15.7. The Morgan fingerprint density at radius 1 is 1.19 bits per heavy atom. The first-order chi connectivity index (χ1) is 12.8. The maximum absolute atomic E-state index is 12.5. The largest absolute Gasteiger partial charge is 0.310 e. The number of rotatable bonds is 3. The van der Waals surface area contributed by atoms with Crippen LogP contribution in [-0.4, -0.2) is 25.7 Å². The molecule has 1 fully saturated rings.